The molecule has 0 fully saturated rings. The van der Waals surface area contributed by atoms with E-state index < -0.39 is 38.5 Å². The van der Waals surface area contributed by atoms with Gasteiger partial charge in [-0.25, -0.2) is 0 Å². The molecule has 2 heteroatoms. The molecular formula is C22H31NO. The lowest BCUT2D eigenvalue weighted by molar-refractivity contribution is 0.170. The molecule has 24 heavy (non-hydrogen) atoms. The first kappa shape index (κ1) is 9.05. The molecule has 0 radical (unpaired) electrons. The summed E-state index contributed by atoms with van der Waals surface area (Å²) in [7, 11) is 0. The fourth-order valence-corrected chi connectivity index (χ4v) is 2.92. The molecule has 0 heterocycles. The number of aromatic hydroxyl groups is 1. The van der Waals surface area contributed by atoms with Crippen molar-refractivity contribution in [2.45, 2.75) is 58.8 Å². The zero-order valence-corrected chi connectivity index (χ0v) is 14.1. The number of phenols is 1. The highest BCUT2D eigenvalue weighted by molar-refractivity contribution is 5.43. The van der Waals surface area contributed by atoms with E-state index in [1.807, 2.05) is 0 Å². The van der Waals surface area contributed by atoms with E-state index in [9.17, 15) is 5.11 Å². The fourth-order valence-electron chi connectivity index (χ4n) is 2.92. The second-order valence-electron chi connectivity index (χ2n) is 6.16. The fraction of sp³-hybridized carbons (Fsp3) is 0.455. The summed E-state index contributed by atoms with van der Waals surface area (Å²) in [5.74, 6) is -0.691. The van der Waals surface area contributed by atoms with Crippen molar-refractivity contribution in [3.05, 3.63) is 65.2 Å². The SMILES string of the molecule is [2H]C([2H])([2H])c1ccc(O)c([C@H](CCN(C(C)C)C([2H])(C([2H])([2H])[2H])C([2H])([2H])[2H])c2ccccc2)c1. The van der Waals surface area contributed by atoms with Crippen LogP contribution in [0.3, 0.4) is 0 Å². The maximum atomic E-state index is 10.6. The molecule has 0 amide bonds. The molecule has 0 aliphatic heterocycles. The summed E-state index contributed by atoms with van der Waals surface area (Å²) in [4.78, 5) is 1.15. The smallest absolute Gasteiger partial charge is 0.119 e. The Hall–Kier alpha value is -1.80. The van der Waals surface area contributed by atoms with Crippen LogP contribution in [-0.4, -0.2) is 28.6 Å². The van der Waals surface area contributed by atoms with Crippen LogP contribution in [0.4, 0.5) is 0 Å². The molecule has 0 aliphatic carbocycles. The highest BCUT2D eigenvalue weighted by Crippen LogP contribution is 2.35. The Morgan fingerprint density at radius 2 is 1.88 bits per heavy atom. The van der Waals surface area contributed by atoms with Crippen molar-refractivity contribution in [3.63, 3.8) is 0 Å². The van der Waals surface area contributed by atoms with E-state index in [1.165, 1.54) is 18.2 Å². The highest BCUT2D eigenvalue weighted by Gasteiger charge is 2.21. The van der Waals surface area contributed by atoms with Gasteiger partial charge < -0.3 is 5.11 Å². The van der Waals surface area contributed by atoms with Crippen LogP contribution in [0.2, 0.25) is 0 Å². The van der Waals surface area contributed by atoms with Gasteiger partial charge >= 0.3 is 0 Å². The molecule has 0 spiro atoms. The quantitative estimate of drug-likeness (QED) is 0.738. The number of hydrogen-bond donors (Lipinski definition) is 1. The van der Waals surface area contributed by atoms with Crippen LogP contribution in [0.25, 0.3) is 0 Å². The van der Waals surface area contributed by atoms with Crippen LogP contribution in [0, 0.1) is 6.85 Å². The maximum absolute atomic E-state index is 10.6. The summed E-state index contributed by atoms with van der Waals surface area (Å²) in [5.41, 5.74) is 1.12. The topological polar surface area (TPSA) is 23.5 Å². The van der Waals surface area contributed by atoms with Crippen LogP contribution in [0.1, 0.15) is 70.3 Å². The minimum absolute atomic E-state index is 0.0433. The van der Waals surface area contributed by atoms with Crippen LogP contribution >= 0.6 is 0 Å². The molecule has 0 saturated heterocycles. The molecule has 0 bridgehead atoms. The predicted molar refractivity (Wildman–Crippen MR) is 103 cm³/mol. The van der Waals surface area contributed by atoms with Crippen molar-refractivity contribution < 1.29 is 18.8 Å². The van der Waals surface area contributed by atoms with Gasteiger partial charge in [0.15, 0.2) is 0 Å². The van der Waals surface area contributed by atoms with E-state index in [0.29, 0.717) is 5.56 Å². The Labute approximate surface area is 161 Å². The number of phenolic OH excluding ortho intramolecular Hbond substituents is 1. The summed E-state index contributed by atoms with van der Waals surface area (Å²) in [6.45, 7) is -5.46. The predicted octanol–water partition coefficient (Wildman–Crippen LogP) is 5.34. The molecule has 0 unspecified atom stereocenters. The van der Waals surface area contributed by atoms with Gasteiger partial charge in [0.25, 0.3) is 0 Å². The van der Waals surface area contributed by atoms with Crippen LogP contribution in [0.5, 0.6) is 5.75 Å². The molecule has 2 aromatic rings. The van der Waals surface area contributed by atoms with Crippen molar-refractivity contribution in [2.24, 2.45) is 0 Å². The highest BCUT2D eigenvalue weighted by atomic mass is 16.3. The van der Waals surface area contributed by atoms with E-state index in [2.05, 4.69) is 0 Å². The molecular weight excluding hydrogens is 294 g/mol. The average molecular weight is 336 g/mol. The molecule has 2 aromatic carbocycles. The number of aryl methyl sites for hydroxylation is 1. The lowest BCUT2D eigenvalue weighted by Crippen LogP contribution is -2.38. The number of hydrogen-bond acceptors (Lipinski definition) is 2. The third-order valence-corrected chi connectivity index (χ3v) is 4.17. The zero-order chi connectivity index (χ0) is 26.1. The zero-order valence-electron chi connectivity index (χ0n) is 24.1. The average Bonchev–Trinajstić information content (AvgIpc) is 2.69. The van der Waals surface area contributed by atoms with Gasteiger partial charge in [0.05, 0.1) is 0 Å². The van der Waals surface area contributed by atoms with Gasteiger partial charge in [-0.05, 0) is 59.0 Å². The van der Waals surface area contributed by atoms with Crippen molar-refractivity contribution in [2.75, 3.05) is 6.54 Å². The van der Waals surface area contributed by atoms with Crippen molar-refractivity contribution in [3.8, 4) is 5.75 Å². The molecule has 0 aromatic heterocycles. The number of rotatable bonds is 7. The van der Waals surface area contributed by atoms with E-state index in [-0.39, 0.29) is 24.3 Å². The largest absolute Gasteiger partial charge is 0.508 e. The summed E-state index contributed by atoms with van der Waals surface area (Å²) >= 11 is 0. The van der Waals surface area contributed by atoms with Gasteiger partial charge in [-0.15, -0.1) is 0 Å². The summed E-state index contributed by atoms with van der Waals surface area (Å²) in [5, 5.41) is 10.6. The van der Waals surface area contributed by atoms with E-state index >= 15 is 0 Å². The van der Waals surface area contributed by atoms with Crippen molar-refractivity contribution >= 4 is 0 Å². The Morgan fingerprint density at radius 1 is 1.12 bits per heavy atom. The molecule has 2 rings (SSSR count). The standard InChI is InChI=1S/C22H31NO/c1-16(2)23(17(3)4)14-13-20(19-9-7-6-8-10-19)21-15-18(5)11-12-22(21)24/h6-12,15-17,20,24H,13-14H2,1-5H3/t20-/m1/s1/i1D3,2D3,5D3,16D. The third-order valence-electron chi connectivity index (χ3n) is 4.17. The summed E-state index contributed by atoms with van der Waals surface area (Å²) in [6.07, 6.45) is 0.146. The molecule has 130 valence electrons. The molecule has 1 N–H and O–H groups in total. The minimum Gasteiger partial charge on any atom is -0.508 e. The first-order valence-electron chi connectivity index (χ1n) is 13.1. The summed E-state index contributed by atoms with van der Waals surface area (Å²) < 4.78 is 78.9. The van der Waals surface area contributed by atoms with E-state index in [0.717, 1.165) is 10.5 Å². The van der Waals surface area contributed by atoms with E-state index in [1.54, 1.807) is 44.2 Å². The second kappa shape index (κ2) is 8.34. The van der Waals surface area contributed by atoms with Crippen LogP contribution in [-0.2, 0) is 0 Å². The molecule has 0 saturated carbocycles. The van der Waals surface area contributed by atoms with Gasteiger partial charge in [0, 0.05) is 37.2 Å². The Morgan fingerprint density at radius 3 is 2.50 bits per heavy atom. The molecule has 2 nitrogen and oxygen atoms in total. The van der Waals surface area contributed by atoms with Crippen molar-refractivity contribution in [1.82, 2.24) is 4.90 Å². The Balaban J connectivity index is 2.57. The number of nitrogens with zero attached hydrogens (tertiary/aromatic N) is 1. The molecule has 0 aliphatic rings. The minimum atomic E-state index is -3.12. The normalized spacial score (nSPS) is 21.2. The van der Waals surface area contributed by atoms with E-state index in [4.69, 9.17) is 13.7 Å². The Kier molecular flexibility index (Phi) is 3.15. The first-order valence-corrected chi connectivity index (χ1v) is 8.06. The summed E-state index contributed by atoms with van der Waals surface area (Å²) in [6, 6.07) is 9.58. The monoisotopic (exact) mass is 335 g/mol. The maximum Gasteiger partial charge on any atom is 0.119 e. The van der Waals surface area contributed by atoms with Gasteiger partial charge in [0.1, 0.15) is 5.75 Å². The first-order chi connectivity index (χ1) is 15.4. The van der Waals surface area contributed by atoms with Gasteiger partial charge in [-0.3, -0.25) is 4.90 Å². The third kappa shape index (κ3) is 4.61. The van der Waals surface area contributed by atoms with Crippen molar-refractivity contribution in [1.29, 1.82) is 0 Å². The van der Waals surface area contributed by atoms with Crippen LogP contribution < -0.4 is 0 Å². The van der Waals surface area contributed by atoms with Gasteiger partial charge in [-0.2, -0.15) is 0 Å². The van der Waals surface area contributed by atoms with Crippen LogP contribution in [0.15, 0.2) is 48.5 Å². The van der Waals surface area contributed by atoms with Gasteiger partial charge in [0.2, 0.25) is 0 Å². The second-order valence-corrected chi connectivity index (χ2v) is 6.16. The number of benzene rings is 2. The Bertz CT molecular complexity index is 937. The lowest BCUT2D eigenvalue weighted by atomic mass is 9.87. The molecule has 1 atom stereocenters. The lowest BCUT2D eigenvalue weighted by Gasteiger charge is -2.32. The van der Waals surface area contributed by atoms with Gasteiger partial charge in [-0.1, -0.05) is 48.0 Å².